The number of pyridine rings is 1. The number of nitrogens with zero attached hydrogens (tertiary/aromatic N) is 1. The fraction of sp³-hybridized carbons (Fsp3) is 0.357. The molecule has 4 heteroatoms. The smallest absolute Gasteiger partial charge is 0.253 e. The zero-order valence-electron chi connectivity index (χ0n) is 10.6. The Kier molecular flexibility index (Phi) is 4.73. The maximum absolute atomic E-state index is 11.8. The molecule has 0 amide bonds. The normalized spacial score (nSPS) is 10.7. The van der Waals surface area contributed by atoms with Crippen molar-refractivity contribution >= 4 is 11.3 Å². The minimum absolute atomic E-state index is 0.108. The van der Waals surface area contributed by atoms with Gasteiger partial charge in [0.2, 0.25) is 0 Å². The topological polar surface area (TPSA) is 34.0 Å². The van der Waals surface area contributed by atoms with Crippen LogP contribution in [0, 0.1) is 6.92 Å². The molecule has 2 aromatic heterocycles. The van der Waals surface area contributed by atoms with Crippen LogP contribution in [0.5, 0.6) is 0 Å². The summed E-state index contributed by atoms with van der Waals surface area (Å²) in [7, 11) is 0. The van der Waals surface area contributed by atoms with E-state index >= 15 is 0 Å². The van der Waals surface area contributed by atoms with Gasteiger partial charge < -0.3 is 9.88 Å². The van der Waals surface area contributed by atoms with E-state index in [4.69, 9.17) is 0 Å². The average Bonchev–Trinajstić information content (AvgIpc) is 2.87. The molecule has 96 valence electrons. The molecule has 0 bridgehead atoms. The molecular weight excluding hydrogens is 244 g/mol. The molecule has 0 saturated carbocycles. The maximum atomic E-state index is 11.8. The number of aromatic nitrogens is 1. The molecule has 0 aliphatic rings. The summed E-state index contributed by atoms with van der Waals surface area (Å²) in [4.78, 5) is 11.8. The molecular formula is C14H18N2OS. The van der Waals surface area contributed by atoms with Crippen LogP contribution in [-0.4, -0.2) is 17.7 Å². The van der Waals surface area contributed by atoms with Gasteiger partial charge in [0, 0.05) is 24.8 Å². The van der Waals surface area contributed by atoms with E-state index in [1.807, 2.05) is 25.3 Å². The molecule has 0 unspecified atom stereocenters. The lowest BCUT2D eigenvalue weighted by Crippen LogP contribution is -2.28. The number of thiophene rings is 1. The van der Waals surface area contributed by atoms with Crippen LogP contribution in [0.2, 0.25) is 0 Å². The minimum Gasteiger partial charge on any atom is -0.315 e. The van der Waals surface area contributed by atoms with Crippen LogP contribution < -0.4 is 10.9 Å². The van der Waals surface area contributed by atoms with Crippen LogP contribution >= 0.6 is 11.3 Å². The van der Waals surface area contributed by atoms with Gasteiger partial charge in [0.05, 0.1) is 0 Å². The van der Waals surface area contributed by atoms with Crippen LogP contribution in [0.25, 0.3) is 0 Å². The number of rotatable bonds is 6. The van der Waals surface area contributed by atoms with Gasteiger partial charge in [0.1, 0.15) is 0 Å². The van der Waals surface area contributed by atoms with Crippen molar-refractivity contribution in [2.45, 2.75) is 19.9 Å². The van der Waals surface area contributed by atoms with Gasteiger partial charge in [-0.3, -0.25) is 4.79 Å². The number of hydrogen-bond donors (Lipinski definition) is 1. The minimum atomic E-state index is 0.108. The molecule has 0 fully saturated rings. The van der Waals surface area contributed by atoms with Gasteiger partial charge in [-0.25, -0.2) is 0 Å². The molecule has 18 heavy (non-hydrogen) atoms. The maximum Gasteiger partial charge on any atom is 0.253 e. The Morgan fingerprint density at radius 3 is 3.00 bits per heavy atom. The predicted molar refractivity (Wildman–Crippen MR) is 76.3 cm³/mol. The molecule has 0 spiro atoms. The van der Waals surface area contributed by atoms with E-state index in [1.54, 1.807) is 15.9 Å². The fourth-order valence-electron chi connectivity index (χ4n) is 1.82. The first-order valence-corrected chi connectivity index (χ1v) is 7.09. The van der Waals surface area contributed by atoms with Crippen LogP contribution in [0.1, 0.15) is 11.1 Å². The number of aryl methyl sites for hydroxylation is 1. The van der Waals surface area contributed by atoms with Gasteiger partial charge in [-0.1, -0.05) is 6.07 Å². The highest BCUT2D eigenvalue weighted by atomic mass is 32.1. The first-order valence-electron chi connectivity index (χ1n) is 6.15. The molecule has 0 atom stereocenters. The Balaban J connectivity index is 1.72. The average molecular weight is 262 g/mol. The van der Waals surface area contributed by atoms with Crippen molar-refractivity contribution in [1.29, 1.82) is 0 Å². The van der Waals surface area contributed by atoms with Crippen molar-refractivity contribution in [3.8, 4) is 0 Å². The Morgan fingerprint density at radius 2 is 2.22 bits per heavy atom. The molecule has 0 aromatic carbocycles. The Bertz CT molecular complexity index is 531. The summed E-state index contributed by atoms with van der Waals surface area (Å²) < 4.78 is 1.76. The van der Waals surface area contributed by atoms with Gasteiger partial charge >= 0.3 is 0 Å². The van der Waals surface area contributed by atoms with Crippen molar-refractivity contribution in [1.82, 2.24) is 9.88 Å². The van der Waals surface area contributed by atoms with Crippen molar-refractivity contribution in [3.63, 3.8) is 0 Å². The highest BCUT2D eigenvalue weighted by molar-refractivity contribution is 7.07. The third-order valence-corrected chi connectivity index (χ3v) is 3.64. The number of nitrogens with one attached hydrogen (secondary N) is 1. The van der Waals surface area contributed by atoms with E-state index < -0.39 is 0 Å². The number of hydrogen-bond acceptors (Lipinski definition) is 3. The zero-order chi connectivity index (χ0) is 12.8. The standard InChI is InChI=1S/C14H18N2OS/c1-12-3-2-8-16(14(12)17)9-7-15-6-4-13-5-10-18-11-13/h2-3,5,8,10-11,15H,4,6-7,9H2,1H3. The SMILES string of the molecule is Cc1cccn(CCNCCc2ccsc2)c1=O. The second-order valence-electron chi connectivity index (χ2n) is 4.32. The van der Waals surface area contributed by atoms with Crippen molar-refractivity contribution in [2.75, 3.05) is 13.1 Å². The highest BCUT2D eigenvalue weighted by Gasteiger charge is 1.98. The quantitative estimate of drug-likeness (QED) is 0.808. The molecule has 2 aromatic rings. The first kappa shape index (κ1) is 13.1. The molecule has 2 rings (SSSR count). The fourth-order valence-corrected chi connectivity index (χ4v) is 2.53. The third-order valence-electron chi connectivity index (χ3n) is 2.91. The molecule has 0 aliphatic carbocycles. The van der Waals surface area contributed by atoms with E-state index in [-0.39, 0.29) is 5.56 Å². The molecule has 3 nitrogen and oxygen atoms in total. The Labute approximate surface area is 111 Å². The Morgan fingerprint density at radius 1 is 1.33 bits per heavy atom. The summed E-state index contributed by atoms with van der Waals surface area (Å²) in [6.07, 6.45) is 2.89. The van der Waals surface area contributed by atoms with Crippen LogP contribution in [0.3, 0.4) is 0 Å². The molecule has 0 saturated heterocycles. The van der Waals surface area contributed by atoms with Crippen LogP contribution in [0.15, 0.2) is 40.0 Å². The monoisotopic (exact) mass is 262 g/mol. The van der Waals surface area contributed by atoms with E-state index in [0.29, 0.717) is 0 Å². The van der Waals surface area contributed by atoms with Crippen LogP contribution in [0.4, 0.5) is 0 Å². The summed E-state index contributed by atoms with van der Waals surface area (Å²) in [5, 5.41) is 7.64. The predicted octanol–water partition coefficient (Wildman–Crippen LogP) is 2.05. The van der Waals surface area contributed by atoms with E-state index in [0.717, 1.165) is 31.6 Å². The van der Waals surface area contributed by atoms with E-state index in [1.165, 1.54) is 5.56 Å². The molecule has 0 aliphatic heterocycles. The van der Waals surface area contributed by atoms with Crippen LogP contribution in [-0.2, 0) is 13.0 Å². The van der Waals surface area contributed by atoms with Crippen molar-refractivity contribution < 1.29 is 0 Å². The van der Waals surface area contributed by atoms with Gasteiger partial charge in [-0.05, 0) is 48.3 Å². The van der Waals surface area contributed by atoms with Gasteiger partial charge in [0.25, 0.3) is 5.56 Å². The highest BCUT2D eigenvalue weighted by Crippen LogP contribution is 2.05. The van der Waals surface area contributed by atoms with Gasteiger partial charge in [-0.15, -0.1) is 0 Å². The third kappa shape index (κ3) is 3.55. The zero-order valence-corrected chi connectivity index (χ0v) is 11.4. The summed E-state index contributed by atoms with van der Waals surface area (Å²) >= 11 is 1.73. The lowest BCUT2D eigenvalue weighted by Gasteiger charge is -2.07. The van der Waals surface area contributed by atoms with Crippen molar-refractivity contribution in [2.24, 2.45) is 0 Å². The summed E-state index contributed by atoms with van der Waals surface area (Å²) in [6, 6.07) is 5.92. The van der Waals surface area contributed by atoms with E-state index in [9.17, 15) is 4.79 Å². The summed E-state index contributed by atoms with van der Waals surface area (Å²) in [5.74, 6) is 0. The first-order chi connectivity index (χ1) is 8.77. The lowest BCUT2D eigenvalue weighted by atomic mass is 10.2. The van der Waals surface area contributed by atoms with E-state index in [2.05, 4.69) is 22.1 Å². The second-order valence-corrected chi connectivity index (χ2v) is 5.10. The summed E-state index contributed by atoms with van der Waals surface area (Å²) in [6.45, 7) is 4.36. The summed E-state index contributed by atoms with van der Waals surface area (Å²) in [5.41, 5.74) is 2.29. The second kappa shape index (κ2) is 6.52. The van der Waals surface area contributed by atoms with Crippen molar-refractivity contribution in [3.05, 3.63) is 56.6 Å². The largest absolute Gasteiger partial charge is 0.315 e. The Hall–Kier alpha value is -1.39. The molecule has 1 N–H and O–H groups in total. The molecule has 0 radical (unpaired) electrons. The van der Waals surface area contributed by atoms with Gasteiger partial charge in [0.15, 0.2) is 0 Å². The molecule has 2 heterocycles. The van der Waals surface area contributed by atoms with Gasteiger partial charge in [-0.2, -0.15) is 11.3 Å². The lowest BCUT2D eigenvalue weighted by molar-refractivity contribution is 0.585.